The van der Waals surface area contributed by atoms with E-state index >= 15 is 0 Å². The second-order valence-corrected chi connectivity index (χ2v) is 8.69. The van der Waals surface area contributed by atoms with Gasteiger partial charge in [0.2, 0.25) is 0 Å². The third-order valence-electron chi connectivity index (χ3n) is 5.68. The molecule has 1 atom stereocenters. The number of allylic oxidation sites excluding steroid dienone is 2. The van der Waals surface area contributed by atoms with E-state index in [4.69, 9.17) is 32.5 Å². The van der Waals surface area contributed by atoms with Crippen molar-refractivity contribution < 1.29 is 62.5 Å². The van der Waals surface area contributed by atoms with E-state index in [2.05, 4.69) is 5.32 Å². The summed E-state index contributed by atoms with van der Waals surface area (Å²) in [7, 11) is 0. The third kappa shape index (κ3) is 7.30. The largest absolute Gasteiger partial charge is 1.00 e. The van der Waals surface area contributed by atoms with E-state index in [1.165, 1.54) is 54.6 Å². The Morgan fingerprint density at radius 1 is 1.08 bits per heavy atom. The van der Waals surface area contributed by atoms with E-state index in [9.17, 15) is 23.5 Å². The molecule has 0 saturated carbocycles. The Morgan fingerprint density at radius 3 is 2.46 bits per heavy atom. The van der Waals surface area contributed by atoms with Gasteiger partial charge in [0.05, 0.1) is 11.6 Å². The smallest absolute Gasteiger partial charge is 0.549 e. The molecule has 8 nitrogen and oxygen atoms in total. The van der Waals surface area contributed by atoms with Crippen LogP contribution in [-0.2, 0) is 4.79 Å². The van der Waals surface area contributed by atoms with Crippen molar-refractivity contribution in [3.05, 3.63) is 106 Å². The van der Waals surface area contributed by atoms with Crippen LogP contribution in [0.1, 0.15) is 33.8 Å². The molecule has 4 rings (SSSR count). The third-order valence-corrected chi connectivity index (χ3v) is 5.97. The average Bonchev–Trinajstić information content (AvgIpc) is 2.87. The number of nitrogens with two attached hydrogens (primary N) is 2. The van der Waals surface area contributed by atoms with Gasteiger partial charge in [-0.25, -0.2) is 8.78 Å². The maximum absolute atomic E-state index is 13.8. The van der Waals surface area contributed by atoms with Crippen molar-refractivity contribution in [3.63, 3.8) is 0 Å². The Balaban J connectivity index is 0.00000420. The van der Waals surface area contributed by atoms with Gasteiger partial charge in [-0.05, 0) is 61.0 Å². The number of carbonyl (C=O) groups is 2. The topological polar surface area (TPSA) is 140 Å². The van der Waals surface area contributed by atoms with Gasteiger partial charge in [-0.2, -0.15) is 0 Å². The number of fused-ring (bicyclic) bond motifs is 1. The van der Waals surface area contributed by atoms with Crippen molar-refractivity contribution in [2.75, 3.05) is 6.61 Å². The maximum Gasteiger partial charge on any atom is 1.00 e. The summed E-state index contributed by atoms with van der Waals surface area (Å²) in [4.78, 5) is 23.9. The molecule has 0 bridgehead atoms. The summed E-state index contributed by atoms with van der Waals surface area (Å²) in [6.45, 7) is 0.222. The molecule has 1 aliphatic heterocycles. The standard InChI is InChI=1S/C27H22ClF2N3O5.Na/c28-20-12-19-17(27(35)36)9-10-37-23(19)13-24(20)38-16-4-1-14(2-5-16)26(34)33-25(32)8-7-22(31)18-6-3-15(29)11-21(18)30;/h1-8,11-13,17H,9-10,31-32H2,(H,33,34)(H,35,36);/q;+1/p-1/b22-7-,25-8+;. The number of carboxylic acids is 1. The number of carbonyl (C=O) groups excluding carboxylic acids is 2. The quantitative estimate of drug-likeness (QED) is 0.282. The van der Waals surface area contributed by atoms with Gasteiger partial charge in [0.15, 0.2) is 0 Å². The summed E-state index contributed by atoms with van der Waals surface area (Å²) < 4.78 is 38.2. The number of amides is 1. The van der Waals surface area contributed by atoms with Gasteiger partial charge in [0, 0.05) is 46.4 Å². The van der Waals surface area contributed by atoms with Gasteiger partial charge >= 0.3 is 29.6 Å². The van der Waals surface area contributed by atoms with E-state index in [1.54, 1.807) is 0 Å². The van der Waals surface area contributed by atoms with Crippen LogP contribution in [0, 0.1) is 11.6 Å². The van der Waals surface area contributed by atoms with Crippen molar-refractivity contribution >= 4 is 29.2 Å². The number of nitrogens with one attached hydrogen (secondary N) is 1. The van der Waals surface area contributed by atoms with Gasteiger partial charge < -0.3 is 36.2 Å². The maximum atomic E-state index is 13.8. The van der Waals surface area contributed by atoms with E-state index in [1.807, 2.05) is 0 Å². The molecule has 0 spiro atoms. The van der Waals surface area contributed by atoms with Gasteiger partial charge in [0.25, 0.3) is 5.91 Å². The Morgan fingerprint density at radius 2 is 1.79 bits per heavy atom. The second kappa shape index (κ2) is 13.0. The zero-order valence-electron chi connectivity index (χ0n) is 20.7. The molecule has 1 unspecified atom stereocenters. The first kappa shape index (κ1) is 30.0. The molecular formula is C27H21ClF2N3NaO5. The van der Waals surface area contributed by atoms with Crippen molar-refractivity contribution in [1.29, 1.82) is 0 Å². The summed E-state index contributed by atoms with van der Waals surface area (Å²) in [6.07, 6.45) is 2.84. The molecule has 12 heteroatoms. The molecule has 3 aromatic rings. The molecule has 0 radical (unpaired) electrons. The van der Waals surface area contributed by atoms with Crippen LogP contribution >= 0.6 is 11.6 Å². The van der Waals surface area contributed by atoms with Gasteiger partial charge in [-0.3, -0.25) is 4.79 Å². The van der Waals surface area contributed by atoms with Gasteiger partial charge in [-0.15, -0.1) is 0 Å². The van der Waals surface area contributed by atoms with Crippen LogP contribution in [0.2, 0.25) is 5.02 Å². The molecule has 1 heterocycles. The molecule has 196 valence electrons. The van der Waals surface area contributed by atoms with Crippen molar-refractivity contribution in [3.8, 4) is 17.2 Å². The van der Waals surface area contributed by atoms with Crippen LogP contribution in [0.4, 0.5) is 8.78 Å². The molecule has 3 aromatic carbocycles. The van der Waals surface area contributed by atoms with Crippen molar-refractivity contribution in [1.82, 2.24) is 5.32 Å². The Hall–Kier alpha value is -3.57. The number of rotatable bonds is 7. The minimum Gasteiger partial charge on any atom is -0.549 e. The van der Waals surface area contributed by atoms with E-state index in [0.717, 1.165) is 6.07 Å². The molecule has 0 aromatic heterocycles. The van der Waals surface area contributed by atoms with E-state index in [0.29, 0.717) is 23.1 Å². The Bertz CT molecular complexity index is 1460. The monoisotopic (exact) mass is 563 g/mol. The Kier molecular flexibility index (Phi) is 9.98. The summed E-state index contributed by atoms with van der Waals surface area (Å²) in [5.74, 6) is -3.22. The fourth-order valence-electron chi connectivity index (χ4n) is 3.75. The summed E-state index contributed by atoms with van der Waals surface area (Å²) in [5.41, 5.74) is 12.3. The number of hydrogen-bond acceptors (Lipinski definition) is 7. The molecular weight excluding hydrogens is 543 g/mol. The normalized spacial score (nSPS) is 14.9. The number of hydrogen-bond donors (Lipinski definition) is 3. The fourth-order valence-corrected chi connectivity index (χ4v) is 3.96. The number of carboxylic acid groups (broad SMARTS) is 1. The summed E-state index contributed by atoms with van der Waals surface area (Å²) >= 11 is 6.30. The second-order valence-electron chi connectivity index (χ2n) is 8.28. The molecule has 0 saturated heterocycles. The number of ether oxygens (including phenoxy) is 2. The molecule has 1 amide bonds. The predicted molar refractivity (Wildman–Crippen MR) is 134 cm³/mol. The molecule has 1 aliphatic rings. The van der Waals surface area contributed by atoms with E-state index < -0.39 is 29.4 Å². The fraction of sp³-hybridized carbons (Fsp3) is 0.111. The van der Waals surface area contributed by atoms with Crippen molar-refractivity contribution in [2.24, 2.45) is 11.5 Å². The van der Waals surface area contributed by atoms with Crippen LogP contribution in [0.15, 0.2) is 72.6 Å². The summed E-state index contributed by atoms with van der Waals surface area (Å²) in [5, 5.41) is 14.0. The molecule has 39 heavy (non-hydrogen) atoms. The number of aliphatic carboxylic acids is 1. The zero-order chi connectivity index (χ0) is 27.4. The average molecular weight is 564 g/mol. The van der Waals surface area contributed by atoms with Gasteiger partial charge in [-0.1, -0.05) is 11.6 Å². The Labute approximate surface area is 249 Å². The first-order valence-corrected chi connectivity index (χ1v) is 11.6. The van der Waals surface area contributed by atoms with Crippen LogP contribution < -0.4 is 60.9 Å². The predicted octanol–water partition coefficient (Wildman–Crippen LogP) is 0.560. The first-order chi connectivity index (χ1) is 18.1. The van der Waals surface area contributed by atoms with Crippen LogP contribution in [0.3, 0.4) is 0 Å². The van der Waals surface area contributed by atoms with E-state index in [-0.39, 0.29) is 76.0 Å². The SMILES string of the molecule is N/C(=C\C=C(/N)NC(=O)c1ccc(Oc2cc3c(cc2Cl)C(C(=O)[O-])CCO3)cc1)c1ccc(F)cc1F.[Na+]. The molecule has 5 N–H and O–H groups in total. The first-order valence-electron chi connectivity index (χ1n) is 11.3. The minimum absolute atomic E-state index is 0. The molecule has 0 fully saturated rings. The minimum atomic E-state index is -1.20. The van der Waals surface area contributed by atoms with Crippen LogP contribution in [0.25, 0.3) is 5.70 Å². The van der Waals surface area contributed by atoms with Crippen LogP contribution in [-0.4, -0.2) is 18.5 Å². The number of halogens is 3. The van der Waals surface area contributed by atoms with Crippen LogP contribution in [0.5, 0.6) is 17.2 Å². The van der Waals surface area contributed by atoms with Crippen molar-refractivity contribution in [2.45, 2.75) is 12.3 Å². The van der Waals surface area contributed by atoms with Gasteiger partial charge in [0.1, 0.15) is 34.7 Å². The summed E-state index contributed by atoms with van der Waals surface area (Å²) in [6, 6.07) is 12.0. The number of benzene rings is 3. The zero-order valence-corrected chi connectivity index (χ0v) is 23.4. The molecule has 0 aliphatic carbocycles.